The summed E-state index contributed by atoms with van der Waals surface area (Å²) in [6.45, 7) is 3.37. The number of ether oxygens (including phenoxy) is 2. The van der Waals surface area contributed by atoms with Crippen molar-refractivity contribution in [2.24, 2.45) is 0 Å². The molecule has 2 aromatic rings. The molecule has 158 valence electrons. The number of rotatable bonds is 5. The van der Waals surface area contributed by atoms with E-state index in [2.05, 4.69) is 5.32 Å². The average Bonchev–Trinajstić information content (AvgIpc) is 2.73. The van der Waals surface area contributed by atoms with E-state index in [0.29, 0.717) is 27.7 Å². The molecule has 6 nitrogen and oxygen atoms in total. The number of nitrogens with one attached hydrogen (secondary N) is 1. The van der Waals surface area contributed by atoms with Crippen LogP contribution in [0.1, 0.15) is 25.3 Å². The topological polar surface area (TPSA) is 81.7 Å². The zero-order chi connectivity index (χ0) is 22.1. The fraction of sp³-hybridized carbons (Fsp3) is 0.227. The van der Waals surface area contributed by atoms with Crippen molar-refractivity contribution in [1.82, 2.24) is 5.32 Å². The number of hydrogen-bond acceptors (Lipinski definition) is 6. The molecule has 1 atom stereocenters. The number of halogens is 1. The maximum atomic E-state index is 13.7. The van der Waals surface area contributed by atoms with Gasteiger partial charge in [-0.15, -0.1) is 0 Å². The van der Waals surface area contributed by atoms with E-state index in [-0.39, 0.29) is 15.4 Å². The number of carbonyl (C=O) groups excluding carboxylic acids is 1. The van der Waals surface area contributed by atoms with Crippen LogP contribution in [-0.2, 0) is 19.4 Å². The highest BCUT2D eigenvalue weighted by molar-refractivity contribution is 7.95. The van der Waals surface area contributed by atoms with Crippen LogP contribution in [0.4, 0.5) is 0 Å². The fourth-order valence-corrected chi connectivity index (χ4v) is 5.60. The van der Waals surface area contributed by atoms with E-state index in [1.165, 1.54) is 26.4 Å². The molecule has 1 N–H and O–H groups in total. The van der Waals surface area contributed by atoms with E-state index in [0.717, 1.165) is 0 Å². The predicted molar refractivity (Wildman–Crippen MR) is 115 cm³/mol. The van der Waals surface area contributed by atoms with Crippen LogP contribution in [0.5, 0.6) is 5.75 Å². The van der Waals surface area contributed by atoms with Gasteiger partial charge in [-0.2, -0.15) is 0 Å². The SMILES string of the molecule is COC(=O)C1=C(C)NC(C)=C(S(=O)(=O)c2ccc(OC)cc2)[C@H]1c1ccccc1Cl. The first-order chi connectivity index (χ1) is 14.2. The van der Waals surface area contributed by atoms with Crippen molar-refractivity contribution < 1.29 is 22.7 Å². The Hall–Kier alpha value is -2.77. The van der Waals surface area contributed by atoms with E-state index < -0.39 is 21.7 Å². The van der Waals surface area contributed by atoms with Gasteiger partial charge >= 0.3 is 5.97 Å². The van der Waals surface area contributed by atoms with Crippen LogP contribution in [0.3, 0.4) is 0 Å². The molecule has 2 aromatic carbocycles. The lowest BCUT2D eigenvalue weighted by Gasteiger charge is -2.31. The molecular formula is C22H22ClNO5S. The zero-order valence-electron chi connectivity index (χ0n) is 17.0. The largest absolute Gasteiger partial charge is 0.497 e. The summed E-state index contributed by atoms with van der Waals surface area (Å²) in [7, 11) is -1.22. The summed E-state index contributed by atoms with van der Waals surface area (Å²) in [5, 5.41) is 3.38. The summed E-state index contributed by atoms with van der Waals surface area (Å²) in [6.07, 6.45) is 0. The molecule has 3 rings (SSSR count). The minimum Gasteiger partial charge on any atom is -0.497 e. The number of benzene rings is 2. The van der Waals surface area contributed by atoms with Gasteiger partial charge in [0.05, 0.1) is 35.5 Å². The minimum absolute atomic E-state index is 0.0479. The molecule has 0 fully saturated rings. The average molecular weight is 448 g/mol. The van der Waals surface area contributed by atoms with Crippen molar-refractivity contribution in [3.63, 3.8) is 0 Å². The Bertz CT molecular complexity index is 1150. The van der Waals surface area contributed by atoms with Crippen LogP contribution in [0.15, 0.2) is 75.3 Å². The van der Waals surface area contributed by atoms with Crippen LogP contribution in [0.25, 0.3) is 0 Å². The maximum Gasteiger partial charge on any atom is 0.336 e. The van der Waals surface area contributed by atoms with Crippen LogP contribution in [0.2, 0.25) is 5.02 Å². The van der Waals surface area contributed by atoms with Crippen LogP contribution in [-0.4, -0.2) is 28.6 Å². The second-order valence-electron chi connectivity index (χ2n) is 6.78. The Kier molecular flexibility index (Phi) is 6.24. The van der Waals surface area contributed by atoms with E-state index in [1.54, 1.807) is 50.2 Å². The first-order valence-corrected chi connectivity index (χ1v) is 11.0. The molecule has 1 heterocycles. The van der Waals surface area contributed by atoms with Gasteiger partial charge in [0.15, 0.2) is 0 Å². The highest BCUT2D eigenvalue weighted by atomic mass is 35.5. The van der Waals surface area contributed by atoms with Gasteiger partial charge in [0, 0.05) is 16.4 Å². The lowest BCUT2D eigenvalue weighted by Crippen LogP contribution is -2.31. The third-order valence-corrected chi connectivity index (χ3v) is 7.34. The predicted octanol–water partition coefficient (Wildman–Crippen LogP) is 4.19. The Morgan fingerprint density at radius 1 is 1.00 bits per heavy atom. The van der Waals surface area contributed by atoms with E-state index >= 15 is 0 Å². The van der Waals surface area contributed by atoms with Crippen LogP contribution >= 0.6 is 11.6 Å². The van der Waals surface area contributed by atoms with Crippen molar-refractivity contribution in [3.05, 3.63) is 81.0 Å². The maximum absolute atomic E-state index is 13.7. The van der Waals surface area contributed by atoms with Crippen LogP contribution < -0.4 is 10.1 Å². The Morgan fingerprint density at radius 2 is 1.63 bits per heavy atom. The van der Waals surface area contributed by atoms with Gasteiger partial charge in [-0.3, -0.25) is 0 Å². The van der Waals surface area contributed by atoms with E-state index in [4.69, 9.17) is 21.1 Å². The van der Waals surface area contributed by atoms with Crippen molar-refractivity contribution in [3.8, 4) is 5.75 Å². The minimum atomic E-state index is -3.99. The normalized spacial score (nSPS) is 16.9. The van der Waals surface area contributed by atoms with Gasteiger partial charge in [0.2, 0.25) is 9.84 Å². The Labute approximate surface area is 181 Å². The van der Waals surface area contributed by atoms with Gasteiger partial charge < -0.3 is 14.8 Å². The number of carbonyl (C=O) groups is 1. The summed E-state index contributed by atoms with van der Waals surface area (Å²) in [5.41, 5.74) is 1.63. The number of sulfone groups is 1. The van der Waals surface area contributed by atoms with E-state index in [9.17, 15) is 13.2 Å². The Morgan fingerprint density at radius 3 is 2.20 bits per heavy atom. The number of methoxy groups -OCH3 is 2. The first kappa shape index (κ1) is 21.9. The lowest BCUT2D eigenvalue weighted by molar-refractivity contribution is -0.136. The first-order valence-electron chi connectivity index (χ1n) is 9.12. The van der Waals surface area contributed by atoms with Crippen molar-refractivity contribution in [1.29, 1.82) is 0 Å². The molecule has 0 aromatic heterocycles. The lowest BCUT2D eigenvalue weighted by atomic mass is 9.86. The molecule has 1 aliphatic heterocycles. The second kappa shape index (κ2) is 8.53. The molecule has 1 aliphatic rings. The van der Waals surface area contributed by atoms with E-state index in [1.807, 2.05) is 0 Å². The summed E-state index contributed by atoms with van der Waals surface area (Å²) >= 11 is 6.44. The molecule has 0 spiro atoms. The summed E-state index contributed by atoms with van der Waals surface area (Å²) in [5.74, 6) is -1.01. The summed E-state index contributed by atoms with van der Waals surface area (Å²) < 4.78 is 37.5. The molecule has 0 bridgehead atoms. The molecule has 0 saturated heterocycles. The highest BCUT2D eigenvalue weighted by Gasteiger charge is 2.41. The van der Waals surface area contributed by atoms with Crippen molar-refractivity contribution in [2.75, 3.05) is 14.2 Å². The molecule has 0 unspecified atom stereocenters. The number of dihydropyridines is 1. The monoisotopic (exact) mass is 447 g/mol. The molecule has 0 aliphatic carbocycles. The highest BCUT2D eigenvalue weighted by Crippen LogP contribution is 2.45. The third kappa shape index (κ3) is 3.82. The number of esters is 1. The second-order valence-corrected chi connectivity index (χ2v) is 9.10. The van der Waals surface area contributed by atoms with Gasteiger partial charge in [-0.05, 0) is 49.7 Å². The van der Waals surface area contributed by atoms with Crippen LogP contribution in [0, 0.1) is 0 Å². The summed E-state index contributed by atoms with van der Waals surface area (Å²) in [4.78, 5) is 12.8. The molecule has 0 amide bonds. The molecule has 30 heavy (non-hydrogen) atoms. The summed E-state index contributed by atoms with van der Waals surface area (Å²) in [6, 6.07) is 13.0. The molecule has 0 radical (unpaired) electrons. The standard InChI is InChI=1S/C22H22ClNO5S/c1-13-19(22(25)29-4)20(17-7-5-6-8-18(17)23)21(14(2)24-13)30(26,27)16-11-9-15(28-3)10-12-16/h5-12,20,24H,1-4H3/t20-/m0/s1. The molecule has 0 saturated carbocycles. The van der Waals surface area contributed by atoms with Gasteiger partial charge in [-0.1, -0.05) is 29.8 Å². The van der Waals surface area contributed by atoms with Gasteiger partial charge in [-0.25, -0.2) is 13.2 Å². The smallest absolute Gasteiger partial charge is 0.336 e. The van der Waals surface area contributed by atoms with Crippen molar-refractivity contribution >= 4 is 27.4 Å². The zero-order valence-corrected chi connectivity index (χ0v) is 18.6. The van der Waals surface area contributed by atoms with Gasteiger partial charge in [0.25, 0.3) is 0 Å². The number of hydrogen-bond donors (Lipinski definition) is 1. The quantitative estimate of drug-likeness (QED) is 0.692. The van der Waals surface area contributed by atoms with Gasteiger partial charge in [0.1, 0.15) is 5.75 Å². The molecular weight excluding hydrogens is 426 g/mol. The number of allylic oxidation sites excluding steroid dienone is 3. The third-order valence-electron chi connectivity index (χ3n) is 4.98. The fourth-order valence-electron chi connectivity index (χ4n) is 3.60. The molecule has 8 heteroatoms. The van der Waals surface area contributed by atoms with Crippen molar-refractivity contribution in [2.45, 2.75) is 24.7 Å². The Balaban J connectivity index is 2.28.